The molecule has 0 amide bonds. The molecule has 1 fully saturated rings. The van der Waals surface area contributed by atoms with Crippen molar-refractivity contribution in [3.8, 4) is 5.75 Å². The van der Waals surface area contributed by atoms with Crippen molar-refractivity contribution in [3.05, 3.63) is 29.8 Å². The molecule has 0 bridgehead atoms. The van der Waals surface area contributed by atoms with E-state index in [1.807, 2.05) is 38.1 Å². The number of para-hydroxylation sites is 1. The summed E-state index contributed by atoms with van der Waals surface area (Å²) in [6.45, 7) is 5.80. The van der Waals surface area contributed by atoms with Gasteiger partial charge in [0.05, 0.1) is 7.11 Å². The highest BCUT2D eigenvalue weighted by atomic mass is 16.7. The normalized spacial score (nSPS) is 34.3. The van der Waals surface area contributed by atoms with Gasteiger partial charge in [-0.05, 0) is 26.8 Å². The number of epoxide rings is 1. The molecule has 2 unspecified atom stereocenters. The Bertz CT molecular complexity index is 551. The number of carbonyl (C=O) groups is 1. The molecule has 1 aromatic rings. The summed E-state index contributed by atoms with van der Waals surface area (Å²) in [6, 6.07) is 7.73. The highest BCUT2D eigenvalue weighted by molar-refractivity contribution is 5.85. The minimum absolute atomic E-state index is 0.333. The van der Waals surface area contributed by atoms with E-state index in [4.69, 9.17) is 14.2 Å². The van der Waals surface area contributed by atoms with Crippen molar-refractivity contribution >= 4 is 5.97 Å². The third kappa shape index (κ3) is 1.53. The lowest BCUT2D eigenvalue weighted by Gasteiger charge is -2.37. The van der Waals surface area contributed by atoms with E-state index in [9.17, 15) is 4.79 Å². The molecule has 102 valence electrons. The van der Waals surface area contributed by atoms with Gasteiger partial charge >= 0.3 is 5.97 Å². The van der Waals surface area contributed by atoms with Crippen LogP contribution in [0.3, 0.4) is 0 Å². The van der Waals surface area contributed by atoms with Crippen LogP contribution in [0, 0.1) is 0 Å². The largest absolute Gasteiger partial charge is 0.487 e. The van der Waals surface area contributed by atoms with Crippen LogP contribution < -0.4 is 4.74 Å². The van der Waals surface area contributed by atoms with Gasteiger partial charge in [-0.15, -0.1) is 0 Å². The van der Waals surface area contributed by atoms with Crippen molar-refractivity contribution in [1.29, 1.82) is 0 Å². The van der Waals surface area contributed by atoms with Crippen molar-refractivity contribution in [2.45, 2.75) is 44.0 Å². The summed E-state index contributed by atoms with van der Waals surface area (Å²) in [5.74, 6) is 0.450. The van der Waals surface area contributed by atoms with E-state index < -0.39 is 11.2 Å². The molecule has 2 aliphatic rings. The van der Waals surface area contributed by atoms with Crippen molar-refractivity contribution < 1.29 is 19.0 Å². The molecule has 0 N–H and O–H groups in total. The Labute approximate surface area is 112 Å². The van der Waals surface area contributed by atoms with Crippen molar-refractivity contribution in [2.75, 3.05) is 7.11 Å². The lowest BCUT2D eigenvalue weighted by Crippen LogP contribution is -2.43. The van der Waals surface area contributed by atoms with Crippen molar-refractivity contribution in [2.24, 2.45) is 0 Å². The first kappa shape index (κ1) is 12.5. The Hall–Kier alpha value is -1.55. The Morgan fingerprint density at radius 1 is 1.26 bits per heavy atom. The van der Waals surface area contributed by atoms with Gasteiger partial charge in [-0.3, -0.25) is 0 Å². The van der Waals surface area contributed by atoms with Crippen LogP contribution in [0.5, 0.6) is 5.75 Å². The number of ether oxygens (including phenoxy) is 3. The number of hydrogen-bond donors (Lipinski definition) is 0. The highest BCUT2D eigenvalue weighted by Gasteiger charge is 2.76. The van der Waals surface area contributed by atoms with Gasteiger partial charge in [-0.25, -0.2) is 4.79 Å². The van der Waals surface area contributed by atoms with Crippen LogP contribution in [0.1, 0.15) is 32.8 Å². The summed E-state index contributed by atoms with van der Waals surface area (Å²) in [4.78, 5) is 12.0. The second-order valence-electron chi connectivity index (χ2n) is 5.99. The van der Waals surface area contributed by atoms with Crippen LogP contribution in [0.25, 0.3) is 0 Å². The number of carbonyl (C=O) groups excluding carboxylic acids is 1. The quantitative estimate of drug-likeness (QED) is 0.576. The standard InChI is InChI=1S/C15H18O4/c1-13(2)9-15(14(3,19-15)12(16)17-4)10-7-5-6-8-11(10)18-13/h5-8H,9H2,1-4H3. The Kier molecular flexibility index (Phi) is 2.31. The predicted octanol–water partition coefficient (Wildman–Crippen LogP) is 2.40. The van der Waals surface area contributed by atoms with Gasteiger partial charge in [0.2, 0.25) is 0 Å². The first-order chi connectivity index (χ1) is 8.85. The van der Waals surface area contributed by atoms with Gasteiger partial charge in [-0.1, -0.05) is 18.2 Å². The summed E-state index contributed by atoms with van der Waals surface area (Å²) in [6.07, 6.45) is 0.628. The highest BCUT2D eigenvalue weighted by Crippen LogP contribution is 2.64. The third-order valence-corrected chi connectivity index (χ3v) is 4.07. The minimum Gasteiger partial charge on any atom is -0.487 e. The second kappa shape index (κ2) is 3.51. The molecular weight excluding hydrogens is 244 g/mol. The molecule has 2 atom stereocenters. The molecule has 0 saturated carbocycles. The van der Waals surface area contributed by atoms with Gasteiger partial charge in [0.1, 0.15) is 17.0 Å². The van der Waals surface area contributed by atoms with E-state index in [1.54, 1.807) is 6.92 Å². The van der Waals surface area contributed by atoms with E-state index in [2.05, 4.69) is 0 Å². The molecule has 4 nitrogen and oxygen atoms in total. The minimum atomic E-state index is -0.918. The fraction of sp³-hybridized carbons (Fsp3) is 0.533. The average Bonchev–Trinajstić information content (AvgIpc) is 2.93. The summed E-state index contributed by atoms with van der Waals surface area (Å²) in [5, 5.41) is 0. The van der Waals surface area contributed by atoms with Crippen LogP contribution in [0.2, 0.25) is 0 Å². The fourth-order valence-corrected chi connectivity index (χ4v) is 3.16. The molecule has 1 spiro atoms. The van der Waals surface area contributed by atoms with Crippen molar-refractivity contribution in [1.82, 2.24) is 0 Å². The molecule has 1 saturated heterocycles. The summed E-state index contributed by atoms with van der Waals surface area (Å²) < 4.78 is 16.7. The van der Waals surface area contributed by atoms with Crippen LogP contribution in [-0.2, 0) is 19.9 Å². The second-order valence-corrected chi connectivity index (χ2v) is 5.99. The number of hydrogen-bond acceptors (Lipinski definition) is 4. The fourth-order valence-electron chi connectivity index (χ4n) is 3.16. The molecule has 0 radical (unpaired) electrons. The zero-order chi connectivity index (χ0) is 13.9. The lowest BCUT2D eigenvalue weighted by molar-refractivity contribution is -0.146. The maximum Gasteiger partial charge on any atom is 0.341 e. The van der Waals surface area contributed by atoms with E-state index in [1.165, 1.54) is 7.11 Å². The Morgan fingerprint density at radius 3 is 2.63 bits per heavy atom. The molecule has 3 rings (SSSR count). The molecule has 2 heterocycles. The van der Waals surface area contributed by atoms with Crippen LogP contribution >= 0.6 is 0 Å². The molecule has 4 heteroatoms. The summed E-state index contributed by atoms with van der Waals surface area (Å²) in [7, 11) is 1.39. The Balaban J connectivity index is 2.11. The maximum atomic E-state index is 12.0. The number of fused-ring (bicyclic) bond motifs is 2. The molecule has 0 aromatic heterocycles. The zero-order valence-corrected chi connectivity index (χ0v) is 11.6. The van der Waals surface area contributed by atoms with E-state index in [-0.39, 0.29) is 11.6 Å². The monoisotopic (exact) mass is 262 g/mol. The number of rotatable bonds is 1. The number of methoxy groups -OCH3 is 1. The molecule has 2 aliphatic heterocycles. The summed E-state index contributed by atoms with van der Waals surface area (Å²) >= 11 is 0. The predicted molar refractivity (Wildman–Crippen MR) is 69.0 cm³/mol. The first-order valence-corrected chi connectivity index (χ1v) is 6.42. The molecule has 19 heavy (non-hydrogen) atoms. The molecule has 1 aromatic carbocycles. The number of esters is 1. The van der Waals surface area contributed by atoms with Gasteiger partial charge in [0.25, 0.3) is 0 Å². The Morgan fingerprint density at radius 2 is 1.95 bits per heavy atom. The SMILES string of the molecule is COC(=O)C1(C)OC12CC(C)(C)Oc1ccccc12. The van der Waals surface area contributed by atoms with Gasteiger partial charge < -0.3 is 14.2 Å². The first-order valence-electron chi connectivity index (χ1n) is 6.42. The smallest absolute Gasteiger partial charge is 0.341 e. The molecular formula is C15H18O4. The van der Waals surface area contributed by atoms with E-state index in [0.717, 1.165) is 11.3 Å². The van der Waals surface area contributed by atoms with Crippen LogP contribution in [0.15, 0.2) is 24.3 Å². The number of benzene rings is 1. The lowest BCUT2D eigenvalue weighted by atomic mass is 9.77. The molecule has 0 aliphatic carbocycles. The van der Waals surface area contributed by atoms with Gasteiger partial charge in [0, 0.05) is 12.0 Å². The van der Waals surface area contributed by atoms with E-state index in [0.29, 0.717) is 6.42 Å². The van der Waals surface area contributed by atoms with Crippen LogP contribution in [0.4, 0.5) is 0 Å². The maximum absolute atomic E-state index is 12.0. The van der Waals surface area contributed by atoms with Gasteiger partial charge in [-0.2, -0.15) is 0 Å². The summed E-state index contributed by atoms with van der Waals surface area (Å²) in [5.41, 5.74) is -0.987. The topological polar surface area (TPSA) is 48.1 Å². The third-order valence-electron chi connectivity index (χ3n) is 4.07. The van der Waals surface area contributed by atoms with Gasteiger partial charge in [0.15, 0.2) is 5.60 Å². The zero-order valence-electron chi connectivity index (χ0n) is 11.6. The van der Waals surface area contributed by atoms with Crippen LogP contribution in [-0.4, -0.2) is 24.3 Å². The van der Waals surface area contributed by atoms with E-state index >= 15 is 0 Å². The average molecular weight is 262 g/mol. The van der Waals surface area contributed by atoms with Crippen molar-refractivity contribution in [3.63, 3.8) is 0 Å².